The Balaban J connectivity index is 2.08. The van der Waals surface area contributed by atoms with Crippen LogP contribution in [0.5, 0.6) is 0 Å². The van der Waals surface area contributed by atoms with Crippen molar-refractivity contribution in [1.82, 2.24) is 0 Å². The Hall–Kier alpha value is -2.87. The predicted octanol–water partition coefficient (Wildman–Crippen LogP) is 2.12. The number of amides is 2. The summed E-state index contributed by atoms with van der Waals surface area (Å²) in [5, 5.41) is 2.79. The van der Waals surface area contributed by atoms with E-state index in [1.165, 1.54) is 24.3 Å². The third-order valence-electron chi connectivity index (χ3n) is 4.54. The van der Waals surface area contributed by atoms with E-state index in [2.05, 4.69) is 10.0 Å². The van der Waals surface area contributed by atoms with Gasteiger partial charge in [0.15, 0.2) is 0 Å². The van der Waals surface area contributed by atoms with Crippen molar-refractivity contribution in [3.63, 3.8) is 0 Å². The fourth-order valence-corrected chi connectivity index (χ4v) is 4.14. The lowest BCUT2D eigenvalue weighted by atomic mass is 9.85. The number of aryl methyl sites for hydroxylation is 1. The molecular formula is C18H19N3O4S. The van der Waals surface area contributed by atoms with Crippen LogP contribution in [0, 0.1) is 6.92 Å². The summed E-state index contributed by atoms with van der Waals surface area (Å²) >= 11 is 0. The van der Waals surface area contributed by atoms with Gasteiger partial charge in [-0.25, -0.2) is 8.42 Å². The molecular weight excluding hydrogens is 354 g/mol. The van der Waals surface area contributed by atoms with Gasteiger partial charge in [-0.1, -0.05) is 12.1 Å². The van der Waals surface area contributed by atoms with Gasteiger partial charge >= 0.3 is 0 Å². The zero-order valence-corrected chi connectivity index (χ0v) is 15.4. The van der Waals surface area contributed by atoms with Gasteiger partial charge in [0, 0.05) is 5.69 Å². The zero-order chi connectivity index (χ0) is 19.3. The van der Waals surface area contributed by atoms with E-state index in [1.54, 1.807) is 32.9 Å². The topological polar surface area (TPSA) is 118 Å². The molecule has 26 heavy (non-hydrogen) atoms. The van der Waals surface area contributed by atoms with E-state index in [1.807, 2.05) is 0 Å². The maximum atomic E-state index is 12.9. The van der Waals surface area contributed by atoms with Gasteiger partial charge in [-0.2, -0.15) is 0 Å². The molecule has 0 bridgehead atoms. The molecule has 136 valence electrons. The molecule has 7 nitrogen and oxygen atoms in total. The first-order chi connectivity index (χ1) is 12.0. The molecule has 0 saturated heterocycles. The van der Waals surface area contributed by atoms with Crippen molar-refractivity contribution in [2.24, 2.45) is 5.73 Å². The smallest absolute Gasteiger partial charge is 0.261 e. The van der Waals surface area contributed by atoms with Crippen LogP contribution in [0.1, 0.15) is 35.3 Å². The molecule has 8 heteroatoms. The van der Waals surface area contributed by atoms with Crippen LogP contribution >= 0.6 is 0 Å². The van der Waals surface area contributed by atoms with E-state index < -0.39 is 21.3 Å². The van der Waals surface area contributed by atoms with Gasteiger partial charge in [-0.3, -0.25) is 14.3 Å². The summed E-state index contributed by atoms with van der Waals surface area (Å²) in [6.45, 7) is 5.20. The molecule has 0 aromatic heterocycles. The van der Waals surface area contributed by atoms with E-state index in [-0.39, 0.29) is 22.1 Å². The van der Waals surface area contributed by atoms with E-state index in [0.29, 0.717) is 16.8 Å². The Labute approximate surface area is 151 Å². The van der Waals surface area contributed by atoms with Crippen LogP contribution in [0.15, 0.2) is 41.3 Å². The third-order valence-corrected chi connectivity index (χ3v) is 5.88. The quantitative estimate of drug-likeness (QED) is 0.760. The molecule has 1 aliphatic heterocycles. The van der Waals surface area contributed by atoms with Gasteiger partial charge in [0.1, 0.15) is 0 Å². The molecule has 0 radical (unpaired) electrons. The molecule has 0 saturated carbocycles. The molecule has 1 aliphatic rings. The van der Waals surface area contributed by atoms with Crippen molar-refractivity contribution in [3.8, 4) is 0 Å². The summed E-state index contributed by atoms with van der Waals surface area (Å²) in [4.78, 5) is 23.7. The van der Waals surface area contributed by atoms with Crippen LogP contribution in [0.25, 0.3) is 0 Å². The number of nitrogens with one attached hydrogen (secondary N) is 2. The van der Waals surface area contributed by atoms with Crippen LogP contribution in [0.3, 0.4) is 0 Å². The maximum absolute atomic E-state index is 12.9. The Morgan fingerprint density at radius 2 is 1.85 bits per heavy atom. The van der Waals surface area contributed by atoms with Crippen LogP contribution in [0.2, 0.25) is 0 Å². The molecule has 2 aromatic carbocycles. The van der Waals surface area contributed by atoms with Crippen molar-refractivity contribution in [3.05, 3.63) is 53.1 Å². The number of hydrogen-bond donors (Lipinski definition) is 3. The SMILES string of the molecule is Cc1cc(S(=O)(=O)Nc2ccccc2C(N)=O)cc2c1NC(=O)C2(C)C. The zero-order valence-electron chi connectivity index (χ0n) is 14.6. The van der Waals surface area contributed by atoms with Crippen molar-refractivity contribution in [2.75, 3.05) is 10.0 Å². The number of carbonyl (C=O) groups is 2. The molecule has 2 aromatic rings. The second-order valence-corrected chi connectivity index (χ2v) is 8.44. The van der Waals surface area contributed by atoms with E-state index >= 15 is 0 Å². The van der Waals surface area contributed by atoms with Crippen LogP contribution < -0.4 is 15.8 Å². The molecule has 1 heterocycles. The predicted molar refractivity (Wildman–Crippen MR) is 98.6 cm³/mol. The number of para-hydroxylation sites is 1. The van der Waals surface area contributed by atoms with Crippen LogP contribution in [-0.4, -0.2) is 20.2 Å². The molecule has 0 spiro atoms. The second kappa shape index (κ2) is 5.84. The van der Waals surface area contributed by atoms with Gasteiger partial charge in [0.25, 0.3) is 15.9 Å². The number of primary amides is 1. The molecule has 2 amide bonds. The standard InChI is InChI=1S/C18H19N3O4S/c1-10-8-11(9-13-15(10)20-17(23)18(13,2)3)26(24,25)21-14-7-5-4-6-12(14)16(19)22/h4-9,21H,1-3H3,(H2,19,22)(H,20,23). The normalized spacial score (nSPS) is 15.3. The van der Waals surface area contributed by atoms with Gasteiger partial charge in [0.05, 0.1) is 21.6 Å². The number of rotatable bonds is 4. The summed E-state index contributed by atoms with van der Waals surface area (Å²) in [5.74, 6) is -0.915. The first-order valence-corrected chi connectivity index (χ1v) is 9.40. The van der Waals surface area contributed by atoms with Gasteiger partial charge in [-0.15, -0.1) is 0 Å². The fourth-order valence-electron chi connectivity index (χ4n) is 2.95. The van der Waals surface area contributed by atoms with E-state index in [0.717, 1.165) is 0 Å². The lowest BCUT2D eigenvalue weighted by molar-refractivity contribution is -0.119. The van der Waals surface area contributed by atoms with E-state index in [9.17, 15) is 18.0 Å². The number of hydrogen-bond acceptors (Lipinski definition) is 4. The average molecular weight is 373 g/mol. The first-order valence-electron chi connectivity index (χ1n) is 7.92. The minimum absolute atomic E-state index is 0.0117. The highest BCUT2D eigenvalue weighted by Gasteiger charge is 2.40. The first kappa shape index (κ1) is 17.9. The minimum Gasteiger partial charge on any atom is -0.366 e. The maximum Gasteiger partial charge on any atom is 0.261 e. The number of benzene rings is 2. The van der Waals surface area contributed by atoms with Gasteiger partial charge < -0.3 is 11.1 Å². The summed E-state index contributed by atoms with van der Waals surface area (Å²) in [6.07, 6.45) is 0. The van der Waals surface area contributed by atoms with E-state index in [4.69, 9.17) is 5.73 Å². The van der Waals surface area contributed by atoms with Crippen molar-refractivity contribution in [1.29, 1.82) is 0 Å². The third kappa shape index (κ3) is 2.82. The molecule has 0 aliphatic carbocycles. The Morgan fingerprint density at radius 3 is 2.50 bits per heavy atom. The highest BCUT2D eigenvalue weighted by atomic mass is 32.2. The number of anilines is 2. The van der Waals surface area contributed by atoms with Crippen molar-refractivity contribution < 1.29 is 18.0 Å². The highest BCUT2D eigenvalue weighted by molar-refractivity contribution is 7.92. The lowest BCUT2D eigenvalue weighted by Gasteiger charge is -2.17. The summed E-state index contributed by atoms with van der Waals surface area (Å²) in [6, 6.07) is 9.07. The number of nitrogens with two attached hydrogens (primary N) is 1. The monoisotopic (exact) mass is 373 g/mol. The van der Waals surface area contributed by atoms with Crippen LogP contribution in [-0.2, 0) is 20.2 Å². The summed E-state index contributed by atoms with van der Waals surface area (Å²) in [7, 11) is -3.98. The Kier molecular flexibility index (Phi) is 4.03. The Bertz CT molecular complexity index is 1040. The van der Waals surface area contributed by atoms with Crippen LogP contribution in [0.4, 0.5) is 11.4 Å². The molecule has 0 atom stereocenters. The molecule has 3 rings (SSSR count). The van der Waals surface area contributed by atoms with Crippen molar-refractivity contribution >= 4 is 33.2 Å². The Morgan fingerprint density at radius 1 is 1.19 bits per heavy atom. The fraction of sp³-hybridized carbons (Fsp3) is 0.222. The minimum atomic E-state index is -3.98. The molecule has 0 unspecified atom stereocenters. The second-order valence-electron chi connectivity index (χ2n) is 6.76. The molecule has 4 N–H and O–H groups in total. The summed E-state index contributed by atoms with van der Waals surface area (Å²) in [5.41, 5.74) is 6.54. The summed E-state index contributed by atoms with van der Waals surface area (Å²) < 4.78 is 28.1. The van der Waals surface area contributed by atoms with Crippen molar-refractivity contribution in [2.45, 2.75) is 31.1 Å². The number of sulfonamides is 1. The number of fused-ring (bicyclic) bond motifs is 1. The largest absolute Gasteiger partial charge is 0.366 e. The number of carbonyl (C=O) groups excluding carboxylic acids is 2. The molecule has 0 fully saturated rings. The van der Waals surface area contributed by atoms with Gasteiger partial charge in [0.2, 0.25) is 5.91 Å². The van der Waals surface area contributed by atoms with Gasteiger partial charge in [-0.05, 0) is 56.2 Å². The lowest BCUT2D eigenvalue weighted by Crippen LogP contribution is -2.27. The highest BCUT2D eigenvalue weighted by Crippen LogP contribution is 2.41. The average Bonchev–Trinajstić information content (AvgIpc) is 2.78.